The molecule has 0 bridgehead atoms. The molecule has 2 N–H and O–H groups in total. The van der Waals surface area contributed by atoms with Crippen LogP contribution in [-0.2, 0) is 4.79 Å². The van der Waals surface area contributed by atoms with Gasteiger partial charge in [0.1, 0.15) is 12.4 Å². The summed E-state index contributed by atoms with van der Waals surface area (Å²) in [4.78, 5) is 22.9. The fourth-order valence-electron chi connectivity index (χ4n) is 1.96. The summed E-state index contributed by atoms with van der Waals surface area (Å²) in [5.74, 6) is 5.79. The lowest BCUT2D eigenvalue weighted by atomic mass is 10.2. The normalized spacial score (nSPS) is 9.52. The van der Waals surface area contributed by atoms with Gasteiger partial charge < -0.3 is 15.4 Å². The summed E-state index contributed by atoms with van der Waals surface area (Å²) in [5, 5.41) is 5.74. The fourth-order valence-corrected chi connectivity index (χ4v) is 2.19. The molecule has 0 aromatic heterocycles. The number of amides is 2. The van der Waals surface area contributed by atoms with Crippen molar-refractivity contribution in [1.29, 1.82) is 0 Å². The maximum Gasteiger partial charge on any atom is 0.253 e. The Morgan fingerprint density at radius 3 is 2.68 bits per heavy atom. The minimum absolute atomic E-state index is 0.147. The molecule has 0 saturated heterocycles. The van der Waals surface area contributed by atoms with Gasteiger partial charge in [0.15, 0.2) is 0 Å². The van der Waals surface area contributed by atoms with Crippen molar-refractivity contribution < 1.29 is 14.3 Å². The van der Waals surface area contributed by atoms with Crippen LogP contribution >= 0.6 is 11.6 Å². The first kappa shape index (κ1) is 18.4. The molecule has 0 fully saturated rings. The van der Waals surface area contributed by atoms with E-state index in [1.807, 2.05) is 0 Å². The molecular weight excluding hydrogens is 340 g/mol. The summed E-state index contributed by atoms with van der Waals surface area (Å²) in [6, 6.07) is 13.8. The molecule has 0 aliphatic rings. The third-order valence-electron chi connectivity index (χ3n) is 3.05. The number of benzene rings is 2. The van der Waals surface area contributed by atoms with E-state index >= 15 is 0 Å². The quantitative estimate of drug-likeness (QED) is 0.809. The SMILES string of the molecule is CC(=O)Nc1cccc(OCC#CCNC(=O)c2ccccc2Cl)c1. The van der Waals surface area contributed by atoms with Gasteiger partial charge in [-0.15, -0.1) is 0 Å². The molecule has 0 heterocycles. The smallest absolute Gasteiger partial charge is 0.253 e. The third-order valence-corrected chi connectivity index (χ3v) is 3.38. The molecule has 128 valence electrons. The number of rotatable bonds is 5. The molecule has 2 aromatic carbocycles. The van der Waals surface area contributed by atoms with E-state index in [2.05, 4.69) is 22.5 Å². The molecule has 0 aliphatic carbocycles. The highest BCUT2D eigenvalue weighted by Gasteiger charge is 2.07. The van der Waals surface area contributed by atoms with Gasteiger partial charge in [0.05, 0.1) is 17.1 Å². The van der Waals surface area contributed by atoms with Crippen LogP contribution in [0.4, 0.5) is 5.69 Å². The van der Waals surface area contributed by atoms with Crippen molar-refractivity contribution in [3.05, 3.63) is 59.1 Å². The van der Waals surface area contributed by atoms with Crippen molar-refractivity contribution >= 4 is 29.1 Å². The van der Waals surface area contributed by atoms with Crippen LogP contribution < -0.4 is 15.4 Å². The Kier molecular flexibility index (Phi) is 6.87. The van der Waals surface area contributed by atoms with E-state index in [4.69, 9.17) is 16.3 Å². The Labute approximate surface area is 151 Å². The van der Waals surface area contributed by atoms with E-state index in [1.165, 1.54) is 6.92 Å². The highest BCUT2D eigenvalue weighted by Crippen LogP contribution is 2.17. The molecule has 0 aliphatic heterocycles. The minimum atomic E-state index is -0.274. The lowest BCUT2D eigenvalue weighted by molar-refractivity contribution is -0.114. The molecule has 0 saturated carbocycles. The average molecular weight is 357 g/mol. The Morgan fingerprint density at radius 1 is 1.12 bits per heavy atom. The Bertz CT molecular complexity index is 825. The number of hydrogen-bond donors (Lipinski definition) is 2. The Hall–Kier alpha value is -2.97. The Morgan fingerprint density at radius 2 is 1.92 bits per heavy atom. The largest absolute Gasteiger partial charge is 0.481 e. The zero-order chi connectivity index (χ0) is 18.1. The number of carbonyl (C=O) groups is 2. The van der Waals surface area contributed by atoms with Gasteiger partial charge in [0.2, 0.25) is 5.91 Å². The number of carbonyl (C=O) groups excluding carboxylic acids is 2. The lowest BCUT2D eigenvalue weighted by Gasteiger charge is -2.05. The van der Waals surface area contributed by atoms with E-state index < -0.39 is 0 Å². The van der Waals surface area contributed by atoms with Gasteiger partial charge in [-0.3, -0.25) is 9.59 Å². The van der Waals surface area contributed by atoms with E-state index in [9.17, 15) is 9.59 Å². The van der Waals surface area contributed by atoms with Gasteiger partial charge in [-0.25, -0.2) is 0 Å². The minimum Gasteiger partial charge on any atom is -0.481 e. The van der Waals surface area contributed by atoms with Gasteiger partial charge in [0.25, 0.3) is 5.91 Å². The van der Waals surface area contributed by atoms with Crippen molar-refractivity contribution in [3.8, 4) is 17.6 Å². The standard InChI is InChI=1S/C19H17ClN2O3/c1-14(23)22-15-7-6-8-16(13-15)25-12-5-4-11-21-19(24)17-9-2-3-10-18(17)20/h2-3,6-10,13H,11-12H2,1H3,(H,21,24)(H,22,23). The molecular formula is C19H17ClN2O3. The van der Waals surface area contributed by atoms with Crippen LogP contribution in [0.25, 0.3) is 0 Å². The molecule has 6 heteroatoms. The van der Waals surface area contributed by atoms with Crippen molar-refractivity contribution in [2.45, 2.75) is 6.92 Å². The van der Waals surface area contributed by atoms with E-state index in [0.29, 0.717) is 22.0 Å². The second kappa shape index (κ2) is 9.36. The molecule has 0 atom stereocenters. The zero-order valence-electron chi connectivity index (χ0n) is 13.6. The second-order valence-corrected chi connectivity index (χ2v) is 5.42. The summed E-state index contributed by atoms with van der Waals surface area (Å²) in [7, 11) is 0. The lowest BCUT2D eigenvalue weighted by Crippen LogP contribution is -2.23. The van der Waals surface area contributed by atoms with Crippen LogP contribution in [0.2, 0.25) is 5.02 Å². The maximum absolute atomic E-state index is 11.9. The number of hydrogen-bond acceptors (Lipinski definition) is 3. The molecule has 2 amide bonds. The molecule has 0 radical (unpaired) electrons. The highest BCUT2D eigenvalue weighted by atomic mass is 35.5. The van der Waals surface area contributed by atoms with Crippen LogP contribution in [-0.4, -0.2) is 25.0 Å². The van der Waals surface area contributed by atoms with E-state index in [-0.39, 0.29) is 25.0 Å². The third kappa shape index (κ3) is 6.21. The topological polar surface area (TPSA) is 67.4 Å². The van der Waals surface area contributed by atoms with E-state index in [1.54, 1.807) is 48.5 Å². The van der Waals surface area contributed by atoms with Crippen molar-refractivity contribution in [2.75, 3.05) is 18.5 Å². The van der Waals surface area contributed by atoms with Gasteiger partial charge in [0, 0.05) is 18.7 Å². The van der Waals surface area contributed by atoms with Crippen LogP contribution in [0.5, 0.6) is 5.75 Å². The molecule has 25 heavy (non-hydrogen) atoms. The first-order valence-corrected chi connectivity index (χ1v) is 7.93. The van der Waals surface area contributed by atoms with Crippen LogP contribution in [0.3, 0.4) is 0 Å². The number of halogens is 1. The molecule has 2 aromatic rings. The van der Waals surface area contributed by atoms with Gasteiger partial charge in [-0.1, -0.05) is 41.6 Å². The molecule has 0 unspecified atom stereocenters. The number of ether oxygens (including phenoxy) is 1. The van der Waals surface area contributed by atoms with Crippen molar-refractivity contribution in [2.24, 2.45) is 0 Å². The first-order valence-electron chi connectivity index (χ1n) is 7.55. The fraction of sp³-hybridized carbons (Fsp3) is 0.158. The summed E-state index contributed by atoms with van der Waals surface area (Å²) < 4.78 is 5.48. The predicted molar refractivity (Wildman–Crippen MR) is 97.8 cm³/mol. The summed E-state index contributed by atoms with van der Waals surface area (Å²) >= 11 is 5.95. The summed E-state index contributed by atoms with van der Waals surface area (Å²) in [5.41, 5.74) is 1.07. The highest BCUT2D eigenvalue weighted by molar-refractivity contribution is 6.33. The zero-order valence-corrected chi connectivity index (χ0v) is 14.4. The van der Waals surface area contributed by atoms with Gasteiger partial charge in [-0.2, -0.15) is 0 Å². The summed E-state index contributed by atoms with van der Waals surface area (Å²) in [6.07, 6.45) is 0. The second-order valence-electron chi connectivity index (χ2n) is 5.01. The van der Waals surface area contributed by atoms with Crippen LogP contribution in [0, 0.1) is 11.8 Å². The molecule has 5 nitrogen and oxygen atoms in total. The van der Waals surface area contributed by atoms with Gasteiger partial charge in [-0.05, 0) is 24.3 Å². The number of nitrogens with one attached hydrogen (secondary N) is 2. The monoisotopic (exact) mass is 356 g/mol. The summed E-state index contributed by atoms with van der Waals surface area (Å²) in [6.45, 7) is 1.81. The number of anilines is 1. The van der Waals surface area contributed by atoms with Crippen molar-refractivity contribution in [3.63, 3.8) is 0 Å². The molecule has 0 spiro atoms. The van der Waals surface area contributed by atoms with Crippen LogP contribution in [0.1, 0.15) is 17.3 Å². The predicted octanol–water partition coefficient (Wildman–Crippen LogP) is 3.11. The molecule has 2 rings (SSSR count). The van der Waals surface area contributed by atoms with Crippen molar-refractivity contribution in [1.82, 2.24) is 5.32 Å². The first-order chi connectivity index (χ1) is 12.1. The van der Waals surface area contributed by atoms with Crippen LogP contribution in [0.15, 0.2) is 48.5 Å². The average Bonchev–Trinajstić information content (AvgIpc) is 2.58. The maximum atomic E-state index is 11.9. The van der Waals surface area contributed by atoms with Gasteiger partial charge >= 0.3 is 0 Å². The Balaban J connectivity index is 1.77. The van der Waals surface area contributed by atoms with E-state index in [0.717, 1.165) is 0 Å².